The van der Waals surface area contributed by atoms with Gasteiger partial charge in [-0.05, 0) is 38.5 Å². The zero-order chi connectivity index (χ0) is 10.1. The molecule has 0 atom stereocenters. The zero-order valence-corrected chi connectivity index (χ0v) is 8.89. The molecule has 2 heteroatoms. The van der Waals surface area contributed by atoms with Gasteiger partial charge in [-0.1, -0.05) is 19.8 Å². The molecule has 1 aliphatic carbocycles. The van der Waals surface area contributed by atoms with Crippen LogP contribution in [0.4, 0.5) is 0 Å². The summed E-state index contributed by atoms with van der Waals surface area (Å²) in [5.74, 6) is -0.666. The quantitative estimate of drug-likeness (QED) is 0.732. The molecule has 0 aromatic carbocycles. The van der Waals surface area contributed by atoms with Gasteiger partial charge in [0.05, 0.1) is 5.41 Å². The summed E-state index contributed by atoms with van der Waals surface area (Å²) in [5, 5.41) is 9.02. The van der Waals surface area contributed by atoms with Gasteiger partial charge in [-0.3, -0.25) is 4.79 Å². The lowest BCUT2D eigenvalue weighted by Gasteiger charge is -2.31. The van der Waals surface area contributed by atoms with Crippen molar-refractivity contribution in [2.75, 3.05) is 0 Å². The first kappa shape index (κ1) is 10.6. The third-order valence-electron chi connectivity index (χ3n) is 3.26. The highest BCUT2D eigenvalue weighted by Gasteiger charge is 2.38. The maximum absolute atomic E-state index is 11.0. The summed E-state index contributed by atoms with van der Waals surface area (Å²) in [6.45, 7) is 5.89. The number of hydrogen-bond donors (Lipinski definition) is 1. The van der Waals surface area contributed by atoms with Crippen molar-refractivity contribution in [3.63, 3.8) is 0 Å². The first-order chi connectivity index (χ1) is 5.86. The number of carboxylic acids is 1. The largest absolute Gasteiger partial charge is 0.481 e. The number of hydrogen-bond acceptors (Lipinski definition) is 1. The second kappa shape index (κ2) is 3.32. The van der Waals surface area contributed by atoms with Crippen LogP contribution in [0.3, 0.4) is 0 Å². The highest BCUT2D eigenvalue weighted by molar-refractivity contribution is 5.73. The minimum atomic E-state index is -0.666. The van der Waals surface area contributed by atoms with Crippen molar-refractivity contribution in [1.82, 2.24) is 0 Å². The standard InChI is InChI=1S/C11H20O2/c1-10(2,9(12)13)8-11(3)6-4-5-7-11/h4-8H2,1-3H3,(H,12,13). The molecule has 0 unspecified atom stereocenters. The Hall–Kier alpha value is -0.530. The fourth-order valence-electron chi connectivity index (χ4n) is 2.55. The van der Waals surface area contributed by atoms with Crippen molar-refractivity contribution in [2.24, 2.45) is 10.8 Å². The lowest BCUT2D eigenvalue weighted by molar-refractivity contribution is -0.148. The van der Waals surface area contributed by atoms with Crippen molar-refractivity contribution < 1.29 is 9.90 Å². The fraction of sp³-hybridized carbons (Fsp3) is 0.909. The van der Waals surface area contributed by atoms with Crippen molar-refractivity contribution in [2.45, 2.75) is 52.9 Å². The van der Waals surface area contributed by atoms with E-state index in [9.17, 15) is 4.79 Å². The molecule has 0 aliphatic heterocycles. The normalized spacial score (nSPS) is 21.8. The number of carboxylic acid groups (broad SMARTS) is 1. The van der Waals surface area contributed by atoms with Crippen molar-refractivity contribution in [1.29, 1.82) is 0 Å². The van der Waals surface area contributed by atoms with Crippen LogP contribution in [0, 0.1) is 10.8 Å². The Bertz CT molecular complexity index is 200. The summed E-state index contributed by atoms with van der Waals surface area (Å²) in [6.07, 6.45) is 5.75. The van der Waals surface area contributed by atoms with Gasteiger partial charge in [-0.25, -0.2) is 0 Å². The molecule has 0 aromatic heterocycles. The van der Waals surface area contributed by atoms with Crippen LogP contribution in [0.5, 0.6) is 0 Å². The minimum absolute atomic E-state index is 0.280. The van der Waals surface area contributed by atoms with E-state index >= 15 is 0 Å². The molecule has 0 bridgehead atoms. The minimum Gasteiger partial charge on any atom is -0.481 e. The Morgan fingerprint density at radius 1 is 1.38 bits per heavy atom. The van der Waals surface area contributed by atoms with Crippen molar-refractivity contribution in [3.05, 3.63) is 0 Å². The third kappa shape index (κ3) is 2.45. The van der Waals surface area contributed by atoms with Crippen LogP contribution in [0.1, 0.15) is 52.9 Å². The van der Waals surface area contributed by atoms with E-state index in [1.807, 2.05) is 13.8 Å². The summed E-state index contributed by atoms with van der Waals surface area (Å²) < 4.78 is 0. The first-order valence-electron chi connectivity index (χ1n) is 5.09. The molecule has 0 saturated heterocycles. The van der Waals surface area contributed by atoms with Crippen molar-refractivity contribution in [3.8, 4) is 0 Å². The predicted octanol–water partition coefficient (Wildman–Crippen LogP) is 3.07. The highest BCUT2D eigenvalue weighted by Crippen LogP contribution is 2.45. The summed E-state index contributed by atoms with van der Waals surface area (Å²) in [5.41, 5.74) is -0.277. The van der Waals surface area contributed by atoms with E-state index in [1.165, 1.54) is 25.7 Å². The number of carbonyl (C=O) groups is 1. The number of aliphatic carboxylic acids is 1. The Labute approximate surface area is 80.3 Å². The van der Waals surface area contributed by atoms with E-state index in [-0.39, 0.29) is 5.41 Å². The van der Waals surface area contributed by atoms with Gasteiger partial charge in [0.2, 0.25) is 0 Å². The summed E-state index contributed by atoms with van der Waals surface area (Å²) >= 11 is 0. The van der Waals surface area contributed by atoms with Crippen LogP contribution in [0.2, 0.25) is 0 Å². The van der Waals surface area contributed by atoms with Crippen molar-refractivity contribution >= 4 is 5.97 Å². The third-order valence-corrected chi connectivity index (χ3v) is 3.26. The van der Waals surface area contributed by atoms with Crippen LogP contribution in [0.25, 0.3) is 0 Å². The summed E-state index contributed by atoms with van der Waals surface area (Å²) in [6, 6.07) is 0. The Balaban J connectivity index is 2.61. The molecule has 1 rings (SSSR count). The van der Waals surface area contributed by atoms with Gasteiger partial charge < -0.3 is 5.11 Å². The van der Waals surface area contributed by atoms with Crippen LogP contribution in [-0.4, -0.2) is 11.1 Å². The van der Waals surface area contributed by atoms with Gasteiger partial charge in [-0.15, -0.1) is 0 Å². The molecular formula is C11H20O2. The van der Waals surface area contributed by atoms with E-state index in [2.05, 4.69) is 6.92 Å². The lowest BCUT2D eigenvalue weighted by atomic mass is 9.73. The maximum atomic E-state index is 11.0. The molecule has 76 valence electrons. The maximum Gasteiger partial charge on any atom is 0.309 e. The second-order valence-corrected chi connectivity index (χ2v) is 5.38. The molecule has 1 saturated carbocycles. The topological polar surface area (TPSA) is 37.3 Å². The molecule has 1 aliphatic rings. The smallest absolute Gasteiger partial charge is 0.309 e. The van der Waals surface area contributed by atoms with E-state index in [0.29, 0.717) is 0 Å². The van der Waals surface area contributed by atoms with Crippen LogP contribution >= 0.6 is 0 Å². The first-order valence-corrected chi connectivity index (χ1v) is 5.09. The molecule has 0 heterocycles. The zero-order valence-electron chi connectivity index (χ0n) is 8.89. The molecule has 13 heavy (non-hydrogen) atoms. The second-order valence-electron chi connectivity index (χ2n) is 5.38. The fourth-order valence-corrected chi connectivity index (χ4v) is 2.55. The predicted molar refractivity (Wildman–Crippen MR) is 52.6 cm³/mol. The Morgan fingerprint density at radius 3 is 2.23 bits per heavy atom. The molecule has 1 N–H and O–H groups in total. The van der Waals surface area contributed by atoms with Gasteiger partial charge in [0, 0.05) is 0 Å². The Morgan fingerprint density at radius 2 is 1.85 bits per heavy atom. The molecule has 2 nitrogen and oxygen atoms in total. The number of rotatable bonds is 3. The molecular weight excluding hydrogens is 164 g/mol. The lowest BCUT2D eigenvalue weighted by Crippen LogP contribution is -2.30. The van der Waals surface area contributed by atoms with Crippen LogP contribution in [0.15, 0.2) is 0 Å². The summed E-state index contributed by atoms with van der Waals surface area (Å²) in [7, 11) is 0. The van der Waals surface area contributed by atoms with Gasteiger partial charge in [0.15, 0.2) is 0 Å². The average molecular weight is 184 g/mol. The monoisotopic (exact) mass is 184 g/mol. The molecule has 0 spiro atoms. The Kier molecular flexibility index (Phi) is 2.69. The van der Waals surface area contributed by atoms with Crippen LogP contribution < -0.4 is 0 Å². The van der Waals surface area contributed by atoms with Crippen LogP contribution in [-0.2, 0) is 4.79 Å². The van der Waals surface area contributed by atoms with E-state index < -0.39 is 11.4 Å². The van der Waals surface area contributed by atoms with Gasteiger partial charge in [-0.2, -0.15) is 0 Å². The van der Waals surface area contributed by atoms with E-state index in [0.717, 1.165) is 6.42 Å². The van der Waals surface area contributed by atoms with Gasteiger partial charge in [0.25, 0.3) is 0 Å². The molecule has 0 amide bonds. The average Bonchev–Trinajstić information content (AvgIpc) is 2.34. The molecule has 1 fully saturated rings. The van der Waals surface area contributed by atoms with E-state index in [1.54, 1.807) is 0 Å². The highest BCUT2D eigenvalue weighted by atomic mass is 16.4. The summed E-state index contributed by atoms with van der Waals surface area (Å²) in [4.78, 5) is 11.0. The van der Waals surface area contributed by atoms with E-state index in [4.69, 9.17) is 5.11 Å². The van der Waals surface area contributed by atoms with Gasteiger partial charge in [0.1, 0.15) is 0 Å². The molecule has 0 radical (unpaired) electrons. The SMILES string of the molecule is CC1(CC(C)(C)C(=O)O)CCCC1. The van der Waals surface area contributed by atoms with Gasteiger partial charge >= 0.3 is 5.97 Å². The molecule has 0 aromatic rings.